The average Bonchev–Trinajstić information content (AvgIpc) is 1.64. The van der Waals surface area contributed by atoms with E-state index >= 15 is 0 Å². The van der Waals surface area contributed by atoms with E-state index in [1.807, 2.05) is 0 Å². The second kappa shape index (κ2) is 3.74. The molecule has 0 spiro atoms. The molecule has 0 aliphatic rings. The minimum atomic E-state index is -0.0231. The van der Waals surface area contributed by atoms with E-state index in [4.69, 9.17) is 10.2 Å². The Kier molecular flexibility index (Phi) is 4.11. The van der Waals surface area contributed by atoms with E-state index in [2.05, 4.69) is 27.7 Å². The fraction of sp³-hybridized carbons (Fsp3) is 1.00. The van der Waals surface area contributed by atoms with Crippen LogP contribution in [-0.2, 0) is 12.5 Å². The van der Waals surface area contributed by atoms with Crippen LogP contribution in [0.1, 0.15) is 27.7 Å². The first-order valence-corrected chi connectivity index (χ1v) is 5.29. The van der Waals surface area contributed by atoms with Gasteiger partial charge < -0.3 is 0 Å². The van der Waals surface area contributed by atoms with Gasteiger partial charge in [-0.3, -0.25) is 0 Å². The molecular weight excluding hydrogens is 166 g/mol. The maximum absolute atomic E-state index is 5.99. The number of hydrogen-bond donors (Lipinski definition) is 0. The summed E-state index contributed by atoms with van der Waals surface area (Å²) in [6, 6.07) is 0. The van der Waals surface area contributed by atoms with Crippen molar-refractivity contribution in [3.63, 3.8) is 0 Å². The summed E-state index contributed by atoms with van der Waals surface area (Å²) < 4.78 is 0. The van der Waals surface area contributed by atoms with Crippen molar-refractivity contribution in [2.75, 3.05) is 0 Å². The van der Waals surface area contributed by atoms with Gasteiger partial charge in [0.25, 0.3) is 0 Å². The van der Waals surface area contributed by atoms with Crippen molar-refractivity contribution in [1.29, 1.82) is 0 Å². The van der Waals surface area contributed by atoms with Crippen molar-refractivity contribution in [2.24, 2.45) is 0 Å². The molecule has 0 aliphatic carbocycles. The predicted octanol–water partition coefficient (Wildman–Crippen LogP) is 3.42. The molecule has 0 N–H and O–H groups in total. The molecule has 0 aliphatic heterocycles. The van der Waals surface area contributed by atoms with Gasteiger partial charge in [-0.1, -0.05) is 0 Å². The monoisotopic (exact) mass is 179 g/mol. The normalized spacial score (nSPS) is 13.1. The Hall–Kier alpha value is 0.784. The third-order valence-electron chi connectivity index (χ3n) is 0.698. The molecule has 2 heteroatoms. The van der Waals surface area contributed by atoms with Crippen LogP contribution in [0.4, 0.5) is 0 Å². The van der Waals surface area contributed by atoms with Crippen LogP contribution in [0.5, 0.6) is 0 Å². The molecule has 0 aromatic rings. The third kappa shape index (κ3) is 2.94. The Bertz CT molecular complexity index is 53.5. The van der Waals surface area contributed by atoms with Crippen molar-refractivity contribution in [1.82, 2.24) is 0 Å². The van der Waals surface area contributed by atoms with Crippen LogP contribution < -0.4 is 0 Å². The van der Waals surface area contributed by atoms with Crippen molar-refractivity contribution < 1.29 is 12.5 Å². The van der Waals surface area contributed by atoms with Gasteiger partial charge in [0, 0.05) is 0 Å². The summed E-state index contributed by atoms with van der Waals surface area (Å²) in [5, 5.41) is 0. The van der Waals surface area contributed by atoms with E-state index in [1.165, 1.54) is 0 Å². The van der Waals surface area contributed by atoms with Crippen molar-refractivity contribution >= 4 is 10.2 Å². The first-order valence-electron chi connectivity index (χ1n) is 2.79. The topological polar surface area (TPSA) is 0 Å². The van der Waals surface area contributed by atoms with Gasteiger partial charge in [0.05, 0.1) is 0 Å². The molecule has 0 aromatic carbocycles. The molecular formula is C6H14ClNi. The number of rotatable bonds is 2. The van der Waals surface area contributed by atoms with Crippen molar-refractivity contribution in [3.8, 4) is 0 Å². The van der Waals surface area contributed by atoms with Crippen LogP contribution in [0.3, 0.4) is 0 Å². The molecule has 0 aromatic heterocycles. The Labute approximate surface area is 60.5 Å². The maximum atomic E-state index is 5.99. The van der Waals surface area contributed by atoms with Gasteiger partial charge >= 0.3 is 60.2 Å². The summed E-state index contributed by atoms with van der Waals surface area (Å²) in [6.45, 7) is 8.68. The third-order valence-corrected chi connectivity index (χ3v) is 5.15. The second-order valence-corrected chi connectivity index (χ2v) is 6.31. The van der Waals surface area contributed by atoms with Gasteiger partial charge in [0.15, 0.2) is 0 Å². The zero-order valence-corrected chi connectivity index (χ0v) is 7.59. The van der Waals surface area contributed by atoms with E-state index in [1.54, 1.807) is 0 Å². The van der Waals surface area contributed by atoms with Gasteiger partial charge in [-0.15, -0.1) is 0 Å². The van der Waals surface area contributed by atoms with Crippen LogP contribution in [0.25, 0.3) is 0 Å². The zero-order valence-electron chi connectivity index (χ0n) is 5.85. The van der Waals surface area contributed by atoms with Crippen LogP contribution in [-0.4, -0.2) is 0 Å². The molecule has 0 bridgehead atoms. The average molecular weight is 180 g/mol. The second-order valence-electron chi connectivity index (χ2n) is 2.13. The summed E-state index contributed by atoms with van der Waals surface area (Å²) in [7, 11) is 5.99. The van der Waals surface area contributed by atoms with Gasteiger partial charge in [0.1, 0.15) is 0 Å². The number of halogens is 1. The van der Waals surface area contributed by atoms with Gasteiger partial charge in [-0.2, -0.15) is 0 Å². The van der Waals surface area contributed by atoms with E-state index in [0.717, 1.165) is 0 Å². The fourth-order valence-corrected chi connectivity index (χ4v) is 1.74. The molecule has 0 heterocycles. The van der Waals surface area contributed by atoms with Crippen LogP contribution in [0, 0.1) is 0 Å². The summed E-state index contributed by atoms with van der Waals surface area (Å²) in [4.78, 5) is 1.30. The van der Waals surface area contributed by atoms with Crippen molar-refractivity contribution in [3.05, 3.63) is 0 Å². The Morgan fingerprint density at radius 3 is 1.25 bits per heavy atom. The van der Waals surface area contributed by atoms with E-state index in [9.17, 15) is 0 Å². The van der Waals surface area contributed by atoms with E-state index in [-0.39, 0.29) is 12.5 Å². The van der Waals surface area contributed by atoms with Crippen LogP contribution in [0.15, 0.2) is 0 Å². The van der Waals surface area contributed by atoms with Gasteiger partial charge in [-0.25, -0.2) is 0 Å². The molecule has 0 saturated carbocycles. The molecule has 0 amide bonds. The molecule has 0 radical (unpaired) electrons. The fourth-order valence-electron chi connectivity index (χ4n) is 0.422. The summed E-state index contributed by atoms with van der Waals surface area (Å²) >= 11 is -0.0231. The molecule has 0 rings (SSSR count). The minimum absolute atomic E-state index is 0.0231. The molecule has 0 saturated heterocycles. The Morgan fingerprint density at radius 1 is 1.00 bits per heavy atom. The quantitative estimate of drug-likeness (QED) is 0.571. The SMILES string of the molecule is C[CH](C)[Ni]([Cl])[CH](C)C. The first kappa shape index (κ1) is 8.78. The zero-order chi connectivity index (χ0) is 6.73. The van der Waals surface area contributed by atoms with E-state index in [0.29, 0.717) is 9.78 Å². The molecule has 55 valence electrons. The van der Waals surface area contributed by atoms with E-state index < -0.39 is 0 Å². The first-order chi connectivity index (χ1) is 3.55. The molecule has 0 fully saturated rings. The Morgan fingerprint density at radius 2 is 1.25 bits per heavy atom. The van der Waals surface area contributed by atoms with Crippen LogP contribution in [0.2, 0.25) is 9.78 Å². The van der Waals surface area contributed by atoms with Gasteiger partial charge in [-0.05, 0) is 0 Å². The van der Waals surface area contributed by atoms with Gasteiger partial charge in [0.2, 0.25) is 0 Å². The summed E-state index contributed by atoms with van der Waals surface area (Å²) in [5.41, 5.74) is 0. The molecule has 0 nitrogen and oxygen atoms in total. The summed E-state index contributed by atoms with van der Waals surface area (Å²) in [6.07, 6.45) is 0. The molecule has 8 heavy (non-hydrogen) atoms. The van der Waals surface area contributed by atoms with Crippen LogP contribution >= 0.6 is 10.2 Å². The molecule has 0 unspecified atom stereocenters. The molecule has 0 atom stereocenters. The predicted molar refractivity (Wildman–Crippen MR) is 36.0 cm³/mol. The summed E-state index contributed by atoms with van der Waals surface area (Å²) in [5.74, 6) is 0. The number of hydrogen-bond acceptors (Lipinski definition) is 0. The van der Waals surface area contributed by atoms with Crippen molar-refractivity contribution in [2.45, 2.75) is 37.5 Å². The Balaban J connectivity index is 3.46. The standard InChI is InChI=1S/2C3H7.ClH.Ni/c2*1-3-2;;/h2*3H,1-2H3;1H;/q;;;+1/p-1.